The molecule has 0 aliphatic carbocycles. The summed E-state index contributed by atoms with van der Waals surface area (Å²) in [5.74, 6) is 1.90. The number of aromatic nitrogens is 4. The lowest BCUT2D eigenvalue weighted by atomic mass is 10.2. The van der Waals surface area contributed by atoms with E-state index in [-0.39, 0.29) is 5.91 Å². The number of methoxy groups -OCH3 is 1. The maximum Gasteiger partial charge on any atom is 0.273 e. The first kappa shape index (κ1) is 28.5. The number of amides is 1. The molecule has 12 heteroatoms. The molecule has 0 bridgehead atoms. The zero-order valence-corrected chi connectivity index (χ0v) is 25.8. The number of ether oxygens (including phenoxy) is 1. The lowest BCUT2D eigenvalue weighted by Crippen LogP contribution is -2.48. The van der Waals surface area contributed by atoms with E-state index in [4.69, 9.17) is 27.9 Å². The van der Waals surface area contributed by atoms with E-state index in [9.17, 15) is 4.79 Å². The molecule has 8 nitrogen and oxygen atoms in total. The SMILES string of the molecule is COc1ccc(N2CCN(C(=O)c3csc(CSc4nnc(-c5ccccc5Cl)n4-c4ccccc4Cl)n3)CC2)cc1. The van der Waals surface area contributed by atoms with Gasteiger partial charge in [-0.15, -0.1) is 21.5 Å². The van der Waals surface area contributed by atoms with Crippen molar-refractivity contribution in [3.8, 4) is 22.8 Å². The Bertz CT molecular complexity index is 1700. The van der Waals surface area contributed by atoms with E-state index in [1.807, 2.05) is 87.6 Å². The summed E-state index contributed by atoms with van der Waals surface area (Å²) in [5, 5.41) is 13.4. The van der Waals surface area contributed by atoms with Gasteiger partial charge in [-0.05, 0) is 48.5 Å². The number of carbonyl (C=O) groups is 1. The van der Waals surface area contributed by atoms with Crippen molar-refractivity contribution < 1.29 is 9.53 Å². The molecule has 0 N–H and O–H groups in total. The molecule has 0 saturated carbocycles. The Morgan fingerprint density at radius 2 is 1.64 bits per heavy atom. The molecule has 1 aliphatic heterocycles. The Balaban J connectivity index is 1.14. The van der Waals surface area contributed by atoms with Crippen LogP contribution in [0.3, 0.4) is 0 Å². The van der Waals surface area contributed by atoms with Crippen LogP contribution in [0.15, 0.2) is 83.3 Å². The van der Waals surface area contributed by atoms with Gasteiger partial charge in [-0.2, -0.15) is 0 Å². The summed E-state index contributed by atoms with van der Waals surface area (Å²) in [6.07, 6.45) is 0. The molecular weight excluding hydrogens is 611 g/mol. The van der Waals surface area contributed by atoms with Gasteiger partial charge in [-0.3, -0.25) is 9.36 Å². The van der Waals surface area contributed by atoms with Crippen molar-refractivity contribution in [1.82, 2.24) is 24.6 Å². The summed E-state index contributed by atoms with van der Waals surface area (Å²) in [6.45, 7) is 2.79. The van der Waals surface area contributed by atoms with Crippen LogP contribution in [0.4, 0.5) is 5.69 Å². The fourth-order valence-corrected chi connectivity index (χ4v) is 6.93. The van der Waals surface area contributed by atoms with Crippen molar-refractivity contribution in [1.29, 1.82) is 0 Å². The third kappa shape index (κ3) is 5.98. The highest BCUT2D eigenvalue weighted by Gasteiger charge is 2.25. The second-order valence-electron chi connectivity index (χ2n) is 9.47. The lowest BCUT2D eigenvalue weighted by molar-refractivity contribution is 0.0741. The van der Waals surface area contributed by atoms with Crippen molar-refractivity contribution in [2.75, 3.05) is 38.2 Å². The molecule has 0 radical (unpaired) electrons. The maximum absolute atomic E-state index is 13.3. The summed E-state index contributed by atoms with van der Waals surface area (Å²) in [5.41, 5.74) is 3.11. The quantitative estimate of drug-likeness (QED) is 0.170. The first-order chi connectivity index (χ1) is 20.5. The smallest absolute Gasteiger partial charge is 0.273 e. The third-order valence-electron chi connectivity index (χ3n) is 6.94. The number of anilines is 1. The highest BCUT2D eigenvalue weighted by atomic mass is 35.5. The van der Waals surface area contributed by atoms with E-state index in [2.05, 4.69) is 20.1 Å². The van der Waals surface area contributed by atoms with Gasteiger partial charge in [0, 0.05) is 42.8 Å². The van der Waals surface area contributed by atoms with Crippen LogP contribution in [0.5, 0.6) is 5.75 Å². The fraction of sp³-hybridized carbons (Fsp3) is 0.200. The molecule has 0 spiro atoms. The summed E-state index contributed by atoms with van der Waals surface area (Å²) in [4.78, 5) is 22.1. The van der Waals surface area contributed by atoms with Crippen molar-refractivity contribution in [2.24, 2.45) is 0 Å². The van der Waals surface area contributed by atoms with Crippen LogP contribution in [0.1, 0.15) is 15.5 Å². The van der Waals surface area contributed by atoms with Gasteiger partial charge in [0.2, 0.25) is 0 Å². The van der Waals surface area contributed by atoms with Crippen molar-refractivity contribution in [3.63, 3.8) is 0 Å². The number of carbonyl (C=O) groups excluding carboxylic acids is 1. The Hall–Kier alpha value is -3.57. The Morgan fingerprint density at radius 3 is 2.36 bits per heavy atom. The number of thiazole rings is 1. The number of hydrogen-bond acceptors (Lipinski definition) is 8. The summed E-state index contributed by atoms with van der Waals surface area (Å²) < 4.78 is 7.17. The topological polar surface area (TPSA) is 76.4 Å². The maximum atomic E-state index is 13.3. The molecule has 5 aromatic rings. The van der Waals surface area contributed by atoms with E-state index in [1.165, 1.54) is 23.1 Å². The zero-order chi connectivity index (χ0) is 29.1. The molecule has 1 saturated heterocycles. The molecular formula is C30H26Cl2N6O2S2. The monoisotopic (exact) mass is 636 g/mol. The van der Waals surface area contributed by atoms with Crippen LogP contribution >= 0.6 is 46.3 Å². The molecule has 1 fully saturated rings. The molecule has 1 amide bonds. The average molecular weight is 638 g/mol. The minimum Gasteiger partial charge on any atom is -0.497 e. The Labute approximate surface area is 261 Å². The van der Waals surface area contributed by atoms with Gasteiger partial charge in [-0.1, -0.05) is 59.2 Å². The minimum atomic E-state index is -0.0443. The average Bonchev–Trinajstić information content (AvgIpc) is 3.68. The predicted molar refractivity (Wildman–Crippen MR) is 170 cm³/mol. The molecule has 6 rings (SSSR count). The first-order valence-corrected chi connectivity index (χ1v) is 15.8. The Morgan fingerprint density at radius 1 is 0.929 bits per heavy atom. The second-order valence-corrected chi connectivity index (χ2v) is 12.2. The van der Waals surface area contributed by atoms with Crippen molar-refractivity contribution in [3.05, 3.63) is 98.9 Å². The Kier molecular flexibility index (Phi) is 8.66. The molecule has 3 aromatic carbocycles. The van der Waals surface area contributed by atoms with Gasteiger partial charge in [-0.25, -0.2) is 4.98 Å². The van der Waals surface area contributed by atoms with Crippen molar-refractivity contribution >= 4 is 57.9 Å². The molecule has 0 atom stereocenters. The number of halogens is 2. The number of piperazine rings is 1. The number of benzene rings is 3. The van der Waals surface area contributed by atoms with E-state index in [0.29, 0.717) is 45.6 Å². The highest BCUT2D eigenvalue weighted by molar-refractivity contribution is 7.98. The van der Waals surface area contributed by atoms with Crippen LogP contribution in [0, 0.1) is 0 Å². The number of thioether (sulfide) groups is 1. The van der Waals surface area contributed by atoms with Crippen LogP contribution in [-0.2, 0) is 5.75 Å². The highest BCUT2D eigenvalue weighted by Crippen LogP contribution is 2.35. The molecule has 42 heavy (non-hydrogen) atoms. The van der Waals surface area contributed by atoms with E-state index >= 15 is 0 Å². The first-order valence-electron chi connectivity index (χ1n) is 13.2. The van der Waals surface area contributed by atoms with Crippen LogP contribution in [-0.4, -0.2) is 63.8 Å². The van der Waals surface area contributed by atoms with Crippen molar-refractivity contribution in [2.45, 2.75) is 10.9 Å². The van der Waals surface area contributed by atoms with E-state index < -0.39 is 0 Å². The van der Waals surface area contributed by atoms with Crippen LogP contribution < -0.4 is 9.64 Å². The van der Waals surface area contributed by atoms with E-state index in [1.54, 1.807) is 7.11 Å². The van der Waals surface area contributed by atoms with Gasteiger partial charge < -0.3 is 14.5 Å². The third-order valence-corrected chi connectivity index (χ3v) is 9.56. The number of para-hydroxylation sites is 1. The zero-order valence-electron chi connectivity index (χ0n) is 22.6. The van der Waals surface area contributed by atoms with Gasteiger partial charge in [0.1, 0.15) is 16.5 Å². The normalized spacial score (nSPS) is 13.4. The second kappa shape index (κ2) is 12.7. The number of hydrogen-bond donors (Lipinski definition) is 0. The molecule has 3 heterocycles. The molecule has 0 unspecified atom stereocenters. The largest absolute Gasteiger partial charge is 0.497 e. The molecule has 2 aromatic heterocycles. The summed E-state index contributed by atoms with van der Waals surface area (Å²) in [6, 6.07) is 23.1. The molecule has 1 aliphatic rings. The minimum absolute atomic E-state index is 0.0443. The van der Waals surface area contributed by atoms with Gasteiger partial charge in [0.25, 0.3) is 5.91 Å². The van der Waals surface area contributed by atoms with Crippen LogP contribution in [0.25, 0.3) is 17.1 Å². The fourth-order valence-electron chi connectivity index (χ4n) is 4.76. The van der Waals surface area contributed by atoms with Gasteiger partial charge >= 0.3 is 0 Å². The summed E-state index contributed by atoms with van der Waals surface area (Å²) in [7, 11) is 1.66. The number of rotatable bonds is 8. The number of nitrogens with zero attached hydrogens (tertiary/aromatic N) is 6. The van der Waals surface area contributed by atoms with Gasteiger partial charge in [0.05, 0.1) is 28.6 Å². The van der Waals surface area contributed by atoms with Crippen LogP contribution in [0.2, 0.25) is 10.0 Å². The van der Waals surface area contributed by atoms with Gasteiger partial charge in [0.15, 0.2) is 11.0 Å². The predicted octanol–water partition coefficient (Wildman–Crippen LogP) is 6.96. The summed E-state index contributed by atoms with van der Waals surface area (Å²) >= 11 is 16.1. The molecule has 214 valence electrons. The van der Waals surface area contributed by atoms with E-state index in [0.717, 1.165) is 40.8 Å². The standard InChI is InChI=1S/C30H26Cl2N6O2S2/c1-40-21-12-10-20(11-13-21)36-14-16-37(17-15-36)29(39)25-18-41-27(33-25)19-42-30-35-34-28(22-6-2-3-7-23(22)31)38(30)26-9-5-4-8-24(26)32/h2-13,18H,14-17,19H2,1H3. The lowest BCUT2D eigenvalue weighted by Gasteiger charge is -2.35.